The molecule has 0 saturated carbocycles. The number of piperazine rings is 1. The maximum atomic E-state index is 12.8. The third-order valence-corrected chi connectivity index (χ3v) is 7.98. The van der Waals surface area contributed by atoms with E-state index in [4.69, 9.17) is 0 Å². The number of nitrogens with one attached hydrogen (secondary N) is 1. The third-order valence-electron chi connectivity index (χ3n) is 6.71. The normalized spacial score (nSPS) is 16.1. The fraction of sp³-hybridized carbons (Fsp3) is 0.407. The number of aromatic nitrogens is 2. The summed E-state index contributed by atoms with van der Waals surface area (Å²) in [5.74, 6) is -0.174. The molecule has 2 aliphatic rings. The molecule has 8 heteroatoms. The molecule has 1 saturated heterocycles. The van der Waals surface area contributed by atoms with Gasteiger partial charge in [-0.3, -0.25) is 14.5 Å². The minimum atomic E-state index is -0.201. The van der Waals surface area contributed by atoms with Gasteiger partial charge in [0.1, 0.15) is 5.01 Å². The maximum Gasteiger partial charge on any atom is 0.226 e. The second-order valence-corrected chi connectivity index (χ2v) is 11.2. The Morgan fingerprint density at radius 3 is 2.09 bits per heavy atom. The molecular weight excluding hydrogens is 458 g/mol. The Morgan fingerprint density at radius 2 is 1.51 bits per heavy atom. The fourth-order valence-electron chi connectivity index (χ4n) is 4.89. The molecule has 1 aromatic heterocycles. The molecule has 7 nitrogen and oxygen atoms in total. The highest BCUT2D eigenvalue weighted by Gasteiger charge is 2.34. The summed E-state index contributed by atoms with van der Waals surface area (Å²) < 4.78 is 0. The highest BCUT2D eigenvalue weighted by atomic mass is 32.1. The molecule has 1 N–H and O–H groups in total. The lowest BCUT2D eigenvalue weighted by Gasteiger charge is -2.38. The van der Waals surface area contributed by atoms with Crippen LogP contribution in [0.15, 0.2) is 48.5 Å². The summed E-state index contributed by atoms with van der Waals surface area (Å²) in [6, 6.07) is 17.5. The van der Waals surface area contributed by atoms with Gasteiger partial charge >= 0.3 is 0 Å². The number of anilines is 1. The Labute approximate surface area is 210 Å². The first kappa shape index (κ1) is 23.6. The molecule has 1 aliphatic heterocycles. The highest BCUT2D eigenvalue weighted by molar-refractivity contribution is 7.15. The molecule has 0 bridgehead atoms. The third kappa shape index (κ3) is 4.86. The molecule has 0 atom stereocenters. The summed E-state index contributed by atoms with van der Waals surface area (Å²) in [6.45, 7) is 9.14. The van der Waals surface area contributed by atoms with E-state index >= 15 is 0 Å². The number of rotatable bonds is 5. The van der Waals surface area contributed by atoms with E-state index < -0.39 is 0 Å². The van der Waals surface area contributed by atoms with Crippen LogP contribution in [0.25, 0.3) is 11.1 Å². The van der Waals surface area contributed by atoms with Crippen molar-refractivity contribution in [1.82, 2.24) is 20.0 Å². The van der Waals surface area contributed by atoms with Crippen molar-refractivity contribution in [3.05, 3.63) is 64.7 Å². The van der Waals surface area contributed by atoms with Gasteiger partial charge in [-0.2, -0.15) is 0 Å². The lowest BCUT2D eigenvalue weighted by atomic mass is 9.98. The lowest BCUT2D eigenvalue weighted by molar-refractivity contribution is -0.134. The van der Waals surface area contributed by atoms with Crippen molar-refractivity contribution in [3.8, 4) is 11.1 Å². The fourth-order valence-corrected chi connectivity index (χ4v) is 5.71. The number of fused-ring (bicyclic) bond motifs is 3. The van der Waals surface area contributed by atoms with Gasteiger partial charge in [0.2, 0.25) is 16.9 Å². The van der Waals surface area contributed by atoms with Crippen molar-refractivity contribution in [2.24, 2.45) is 0 Å². The van der Waals surface area contributed by atoms with Crippen LogP contribution in [0.5, 0.6) is 0 Å². The SMILES string of the molecule is CC(C)(C)c1nnc(NC(=O)CCC(=O)N2CCN(C3c4ccccc4-c4ccccc43)CC2)s1. The molecule has 1 aliphatic carbocycles. The van der Waals surface area contributed by atoms with E-state index in [9.17, 15) is 9.59 Å². The Kier molecular flexibility index (Phi) is 6.42. The summed E-state index contributed by atoms with van der Waals surface area (Å²) in [6.07, 6.45) is 0.346. The van der Waals surface area contributed by atoms with Gasteiger partial charge in [0.15, 0.2) is 0 Å². The van der Waals surface area contributed by atoms with Crippen LogP contribution in [0.2, 0.25) is 0 Å². The predicted octanol–water partition coefficient (Wildman–Crippen LogP) is 4.47. The van der Waals surface area contributed by atoms with Crippen LogP contribution in [0.1, 0.15) is 55.8 Å². The zero-order chi connectivity index (χ0) is 24.6. The zero-order valence-electron chi connectivity index (χ0n) is 20.5. The zero-order valence-corrected chi connectivity index (χ0v) is 21.3. The average Bonchev–Trinajstić information content (AvgIpc) is 3.45. The molecule has 2 heterocycles. The molecule has 3 aromatic rings. The van der Waals surface area contributed by atoms with Crippen LogP contribution < -0.4 is 5.32 Å². The molecule has 35 heavy (non-hydrogen) atoms. The predicted molar refractivity (Wildman–Crippen MR) is 138 cm³/mol. The molecule has 2 aromatic carbocycles. The molecule has 2 amide bonds. The maximum absolute atomic E-state index is 12.8. The molecule has 182 valence electrons. The Morgan fingerprint density at radius 1 is 0.914 bits per heavy atom. The van der Waals surface area contributed by atoms with Gasteiger partial charge in [-0.25, -0.2) is 0 Å². The van der Waals surface area contributed by atoms with Crippen LogP contribution in [-0.4, -0.2) is 58.0 Å². The van der Waals surface area contributed by atoms with Gasteiger partial charge in [-0.05, 0) is 22.3 Å². The van der Waals surface area contributed by atoms with Crippen LogP contribution >= 0.6 is 11.3 Å². The van der Waals surface area contributed by atoms with Crippen LogP contribution in [0.4, 0.5) is 5.13 Å². The number of hydrogen-bond donors (Lipinski definition) is 1. The quantitative estimate of drug-likeness (QED) is 0.572. The van der Waals surface area contributed by atoms with Gasteiger partial charge in [0, 0.05) is 44.4 Å². The number of benzene rings is 2. The summed E-state index contributed by atoms with van der Waals surface area (Å²) >= 11 is 1.38. The lowest BCUT2D eigenvalue weighted by Crippen LogP contribution is -2.49. The van der Waals surface area contributed by atoms with Crippen molar-refractivity contribution >= 4 is 28.3 Å². The van der Waals surface area contributed by atoms with Crippen LogP contribution in [-0.2, 0) is 15.0 Å². The Hall–Kier alpha value is -3.10. The van der Waals surface area contributed by atoms with Crippen molar-refractivity contribution in [1.29, 1.82) is 0 Å². The number of carbonyl (C=O) groups excluding carboxylic acids is 2. The van der Waals surface area contributed by atoms with Crippen LogP contribution in [0, 0.1) is 0 Å². The van der Waals surface area contributed by atoms with E-state index in [1.807, 2.05) is 4.90 Å². The summed E-state index contributed by atoms with van der Waals surface area (Å²) in [5.41, 5.74) is 5.19. The minimum Gasteiger partial charge on any atom is -0.340 e. The molecule has 1 fully saturated rings. The summed E-state index contributed by atoms with van der Waals surface area (Å²) in [7, 11) is 0. The molecule has 5 rings (SSSR count). The number of nitrogens with zero attached hydrogens (tertiary/aromatic N) is 4. The van der Waals surface area contributed by atoms with Gasteiger partial charge in [-0.15, -0.1) is 10.2 Å². The van der Waals surface area contributed by atoms with Crippen molar-refractivity contribution in [2.45, 2.75) is 45.1 Å². The molecular formula is C27H31N5O2S. The van der Waals surface area contributed by atoms with E-state index in [2.05, 4.69) is 89.7 Å². The standard InChI is InChI=1S/C27H31N5O2S/c1-27(2,3)25-29-30-26(35-25)28-22(33)12-13-23(34)31-14-16-32(17-15-31)24-20-10-6-4-8-18(20)19-9-5-7-11-21(19)24/h4-11,24H,12-17H2,1-3H3,(H,28,30,33). The van der Waals surface area contributed by atoms with E-state index in [0.717, 1.165) is 18.1 Å². The van der Waals surface area contributed by atoms with Crippen LogP contribution in [0.3, 0.4) is 0 Å². The van der Waals surface area contributed by atoms with E-state index in [1.54, 1.807) is 0 Å². The van der Waals surface area contributed by atoms with Gasteiger partial charge in [0.05, 0.1) is 6.04 Å². The monoisotopic (exact) mass is 489 g/mol. The first-order chi connectivity index (χ1) is 16.8. The number of carbonyl (C=O) groups is 2. The van der Waals surface area contributed by atoms with Crippen molar-refractivity contribution in [3.63, 3.8) is 0 Å². The number of hydrogen-bond acceptors (Lipinski definition) is 6. The minimum absolute atomic E-state index is 0.0275. The summed E-state index contributed by atoms with van der Waals surface area (Å²) in [4.78, 5) is 29.5. The van der Waals surface area contributed by atoms with Gasteiger partial charge in [0.25, 0.3) is 0 Å². The molecule has 0 radical (unpaired) electrons. The van der Waals surface area contributed by atoms with E-state index in [-0.39, 0.29) is 36.1 Å². The second kappa shape index (κ2) is 9.51. The van der Waals surface area contributed by atoms with Gasteiger partial charge in [-0.1, -0.05) is 80.6 Å². The topological polar surface area (TPSA) is 78.4 Å². The molecule has 0 unspecified atom stereocenters. The smallest absolute Gasteiger partial charge is 0.226 e. The first-order valence-electron chi connectivity index (χ1n) is 12.1. The van der Waals surface area contributed by atoms with Crippen molar-refractivity contribution < 1.29 is 9.59 Å². The first-order valence-corrected chi connectivity index (χ1v) is 13.0. The Balaban J connectivity index is 1.14. The van der Waals surface area contributed by atoms with E-state index in [0.29, 0.717) is 18.2 Å². The largest absolute Gasteiger partial charge is 0.340 e. The highest BCUT2D eigenvalue weighted by Crippen LogP contribution is 2.46. The average molecular weight is 490 g/mol. The summed E-state index contributed by atoms with van der Waals surface area (Å²) in [5, 5.41) is 12.3. The van der Waals surface area contributed by atoms with E-state index in [1.165, 1.54) is 33.6 Å². The number of amides is 2. The Bertz CT molecular complexity index is 1190. The molecule has 0 spiro atoms. The second-order valence-electron chi connectivity index (χ2n) is 10.2. The van der Waals surface area contributed by atoms with Gasteiger partial charge < -0.3 is 10.2 Å². The van der Waals surface area contributed by atoms with Crippen molar-refractivity contribution in [2.75, 3.05) is 31.5 Å².